The summed E-state index contributed by atoms with van der Waals surface area (Å²) in [5.74, 6) is 0.274. The van der Waals surface area contributed by atoms with Crippen LogP contribution in [-0.4, -0.2) is 18.2 Å². The van der Waals surface area contributed by atoms with Crippen LogP contribution in [0.25, 0.3) is 11.1 Å². The predicted octanol–water partition coefficient (Wildman–Crippen LogP) is 2.61. The molecule has 5 heteroatoms. The zero-order chi connectivity index (χ0) is 22.5. The monoisotopic (exact) mass is 515 g/mol. The number of aromatic nitrogens is 1. The lowest BCUT2D eigenvalue weighted by molar-refractivity contribution is -0.688. The first-order chi connectivity index (χ1) is 16.2. The summed E-state index contributed by atoms with van der Waals surface area (Å²) in [6.07, 6.45) is 6.98. The fraction of sp³-hybridized carbons (Fsp3) is 0.207. The average molecular weight is 516 g/mol. The number of rotatable bonds is 7. The van der Waals surface area contributed by atoms with E-state index in [2.05, 4.69) is 87.8 Å². The number of benzene rings is 3. The third-order valence-corrected chi connectivity index (χ3v) is 6.29. The minimum atomic E-state index is 0. The van der Waals surface area contributed by atoms with Crippen LogP contribution in [0.4, 0.5) is 11.4 Å². The van der Waals surface area contributed by atoms with Crippen LogP contribution in [0.5, 0.6) is 5.75 Å². The molecule has 34 heavy (non-hydrogen) atoms. The van der Waals surface area contributed by atoms with Gasteiger partial charge in [0.05, 0.1) is 0 Å². The van der Waals surface area contributed by atoms with Crippen LogP contribution < -0.4 is 31.8 Å². The molecule has 0 bridgehead atoms. The van der Waals surface area contributed by atoms with Gasteiger partial charge in [-0.05, 0) is 41.7 Å². The molecular weight excluding hydrogens is 486 g/mol. The molecule has 0 spiro atoms. The van der Waals surface area contributed by atoms with Crippen molar-refractivity contribution < 1.29 is 26.7 Å². The Hall–Kier alpha value is -3.31. The summed E-state index contributed by atoms with van der Waals surface area (Å²) in [6, 6.07) is 29.1. The van der Waals surface area contributed by atoms with Crippen LogP contribution in [0.3, 0.4) is 0 Å². The highest BCUT2D eigenvalue weighted by Gasteiger charge is 2.13. The van der Waals surface area contributed by atoms with E-state index in [4.69, 9.17) is 0 Å². The standard InChI is InChI=1S/C29H29N3O.BrH/c33-29-5-3-4-27(20-29)30-21-23-6-10-25(11-7-23)26-12-8-24(9-13-26)22-31-18-14-28(15-19-31)32-16-1-2-17-32;/h3-15,18-20,30H,1-2,16-17,21-22H2;1H. The summed E-state index contributed by atoms with van der Waals surface area (Å²) in [6.45, 7) is 3.96. The van der Waals surface area contributed by atoms with Crippen LogP contribution in [0.2, 0.25) is 0 Å². The molecule has 174 valence electrons. The van der Waals surface area contributed by atoms with E-state index in [0.29, 0.717) is 0 Å². The van der Waals surface area contributed by atoms with Crippen molar-refractivity contribution in [3.05, 3.63) is 108 Å². The molecule has 1 saturated heterocycles. The number of hydrogen-bond acceptors (Lipinski definition) is 3. The molecule has 4 aromatic rings. The first kappa shape index (κ1) is 23.8. The van der Waals surface area contributed by atoms with E-state index in [1.54, 1.807) is 12.1 Å². The molecule has 0 saturated carbocycles. The second kappa shape index (κ2) is 11.2. The van der Waals surface area contributed by atoms with E-state index in [1.807, 2.05) is 12.1 Å². The van der Waals surface area contributed by atoms with Gasteiger partial charge in [-0.25, -0.2) is 4.57 Å². The molecule has 0 unspecified atom stereocenters. The third-order valence-electron chi connectivity index (χ3n) is 6.29. The zero-order valence-corrected chi connectivity index (χ0v) is 20.8. The SMILES string of the molecule is Oc1cccc(NCc2ccc(-c3ccc(C[n+]4ccc(N5CCCC5)cc4)cc3)cc2)c1.[Br-]. The van der Waals surface area contributed by atoms with Crippen molar-refractivity contribution in [2.45, 2.75) is 25.9 Å². The Labute approximate surface area is 212 Å². The Morgan fingerprint density at radius 3 is 2.00 bits per heavy atom. The number of anilines is 2. The van der Waals surface area contributed by atoms with Crippen LogP contribution in [0.15, 0.2) is 97.3 Å². The average Bonchev–Trinajstić information content (AvgIpc) is 3.39. The van der Waals surface area contributed by atoms with Crippen molar-refractivity contribution in [2.75, 3.05) is 23.3 Å². The normalized spacial score (nSPS) is 12.9. The van der Waals surface area contributed by atoms with E-state index in [1.165, 1.54) is 53.9 Å². The molecule has 2 N–H and O–H groups in total. The number of nitrogens with zero attached hydrogens (tertiary/aromatic N) is 2. The van der Waals surface area contributed by atoms with Crippen molar-refractivity contribution in [1.29, 1.82) is 0 Å². The van der Waals surface area contributed by atoms with E-state index < -0.39 is 0 Å². The predicted molar refractivity (Wildman–Crippen MR) is 134 cm³/mol. The maximum absolute atomic E-state index is 9.58. The highest BCUT2D eigenvalue weighted by atomic mass is 79.9. The van der Waals surface area contributed by atoms with Gasteiger partial charge in [-0.2, -0.15) is 0 Å². The first-order valence-corrected chi connectivity index (χ1v) is 11.7. The number of phenols is 1. The maximum atomic E-state index is 9.58. The minimum absolute atomic E-state index is 0. The van der Waals surface area contributed by atoms with Gasteiger partial charge in [0, 0.05) is 54.8 Å². The molecule has 5 rings (SSSR count). The van der Waals surface area contributed by atoms with Gasteiger partial charge in [-0.3, -0.25) is 0 Å². The molecule has 0 atom stereocenters. The summed E-state index contributed by atoms with van der Waals surface area (Å²) in [5, 5.41) is 12.9. The second-order valence-corrected chi connectivity index (χ2v) is 8.72. The van der Waals surface area contributed by atoms with Crippen molar-refractivity contribution in [3.63, 3.8) is 0 Å². The molecule has 2 heterocycles. The second-order valence-electron chi connectivity index (χ2n) is 8.72. The topological polar surface area (TPSA) is 39.4 Å². The molecule has 1 aliphatic rings. The Morgan fingerprint density at radius 2 is 1.38 bits per heavy atom. The van der Waals surface area contributed by atoms with Crippen LogP contribution in [0, 0.1) is 0 Å². The molecule has 0 amide bonds. The number of aromatic hydroxyl groups is 1. The van der Waals surface area contributed by atoms with Gasteiger partial charge in [0.25, 0.3) is 0 Å². The number of pyridine rings is 1. The fourth-order valence-corrected chi connectivity index (χ4v) is 4.39. The molecule has 0 radical (unpaired) electrons. The Kier molecular flexibility index (Phi) is 7.86. The van der Waals surface area contributed by atoms with Gasteiger partial charge in [-0.15, -0.1) is 0 Å². The molecule has 4 nitrogen and oxygen atoms in total. The number of halogens is 1. The van der Waals surface area contributed by atoms with Crippen LogP contribution in [0.1, 0.15) is 24.0 Å². The van der Waals surface area contributed by atoms with Gasteiger partial charge in [0.2, 0.25) is 0 Å². The zero-order valence-electron chi connectivity index (χ0n) is 19.2. The van der Waals surface area contributed by atoms with E-state index >= 15 is 0 Å². The number of hydrogen-bond donors (Lipinski definition) is 2. The molecular formula is C29H30BrN3O. The Balaban J connectivity index is 0.00000274. The van der Waals surface area contributed by atoms with Gasteiger partial charge in [-0.1, -0.05) is 54.6 Å². The summed E-state index contributed by atoms with van der Waals surface area (Å²) in [7, 11) is 0. The van der Waals surface area contributed by atoms with Gasteiger partial charge in [0.15, 0.2) is 18.9 Å². The van der Waals surface area contributed by atoms with E-state index in [0.717, 1.165) is 18.8 Å². The third kappa shape index (κ3) is 5.97. The van der Waals surface area contributed by atoms with E-state index in [9.17, 15) is 5.11 Å². The van der Waals surface area contributed by atoms with Crippen molar-refractivity contribution >= 4 is 11.4 Å². The molecule has 1 fully saturated rings. The number of phenolic OH excluding ortho intramolecular Hbond substituents is 1. The number of nitrogens with one attached hydrogen (secondary N) is 1. The van der Waals surface area contributed by atoms with Crippen molar-refractivity contribution in [1.82, 2.24) is 0 Å². The largest absolute Gasteiger partial charge is 1.00 e. The Bertz CT molecular complexity index is 1190. The minimum Gasteiger partial charge on any atom is -1.00 e. The lowest BCUT2D eigenvalue weighted by Gasteiger charge is -2.16. The molecule has 3 aromatic carbocycles. The van der Waals surface area contributed by atoms with Crippen LogP contribution >= 0.6 is 0 Å². The first-order valence-electron chi connectivity index (χ1n) is 11.7. The summed E-state index contributed by atoms with van der Waals surface area (Å²) >= 11 is 0. The van der Waals surface area contributed by atoms with Gasteiger partial charge in [0.1, 0.15) is 5.75 Å². The molecule has 0 aliphatic carbocycles. The smallest absolute Gasteiger partial charge is 0.173 e. The van der Waals surface area contributed by atoms with Gasteiger partial charge < -0.3 is 32.3 Å². The van der Waals surface area contributed by atoms with Crippen molar-refractivity contribution in [2.24, 2.45) is 0 Å². The Morgan fingerprint density at radius 1 is 0.765 bits per heavy atom. The maximum Gasteiger partial charge on any atom is 0.173 e. The summed E-state index contributed by atoms with van der Waals surface area (Å²) in [5.41, 5.74) is 7.18. The lowest BCUT2D eigenvalue weighted by atomic mass is 10.0. The quantitative estimate of drug-likeness (QED) is 0.371. The highest BCUT2D eigenvalue weighted by Crippen LogP contribution is 2.22. The summed E-state index contributed by atoms with van der Waals surface area (Å²) < 4.78 is 2.24. The lowest BCUT2D eigenvalue weighted by Crippen LogP contribution is -3.00. The molecule has 1 aromatic heterocycles. The van der Waals surface area contributed by atoms with Crippen LogP contribution in [-0.2, 0) is 13.1 Å². The van der Waals surface area contributed by atoms with Crippen molar-refractivity contribution in [3.8, 4) is 16.9 Å². The van der Waals surface area contributed by atoms with E-state index in [-0.39, 0.29) is 22.7 Å². The molecule has 1 aliphatic heterocycles. The fourth-order valence-electron chi connectivity index (χ4n) is 4.39. The highest BCUT2D eigenvalue weighted by molar-refractivity contribution is 5.64. The van der Waals surface area contributed by atoms with Gasteiger partial charge >= 0.3 is 0 Å². The summed E-state index contributed by atoms with van der Waals surface area (Å²) in [4.78, 5) is 2.47.